The highest BCUT2D eigenvalue weighted by atomic mass is 16.7. The molecule has 8 nitrogen and oxygen atoms in total. The third-order valence-corrected chi connectivity index (χ3v) is 4.76. The molecular formula is C21H25NO7. The molecule has 0 bridgehead atoms. The molecule has 0 aromatic heterocycles. The summed E-state index contributed by atoms with van der Waals surface area (Å²) in [5.41, 5.74) is 1.58. The Kier molecular flexibility index (Phi) is 7.18. The standard InChI is InChI=1S/C21H25NO7/c23-12-16-17(24)18(25)19(26)21(29-16)28-15-8-6-14(7-9-15)20(27)22-11-10-13-4-2-1-3-5-13/h1-9,16-19,21,23-26H,10-12H2,(H,22,27). The van der Waals surface area contributed by atoms with E-state index >= 15 is 0 Å². The van der Waals surface area contributed by atoms with Gasteiger partial charge in [0.1, 0.15) is 30.2 Å². The van der Waals surface area contributed by atoms with Gasteiger partial charge in [-0.3, -0.25) is 4.79 Å². The molecule has 1 saturated heterocycles. The van der Waals surface area contributed by atoms with Gasteiger partial charge >= 0.3 is 0 Å². The zero-order valence-corrected chi connectivity index (χ0v) is 15.7. The lowest BCUT2D eigenvalue weighted by Gasteiger charge is -2.39. The van der Waals surface area contributed by atoms with Crippen LogP contribution in [0, 0.1) is 0 Å². The van der Waals surface area contributed by atoms with Crippen molar-refractivity contribution in [2.75, 3.05) is 13.2 Å². The van der Waals surface area contributed by atoms with E-state index in [9.17, 15) is 25.2 Å². The fraction of sp³-hybridized carbons (Fsp3) is 0.381. The number of ether oxygens (including phenoxy) is 2. The molecule has 0 aliphatic carbocycles. The number of aliphatic hydroxyl groups excluding tert-OH is 4. The van der Waals surface area contributed by atoms with E-state index in [2.05, 4.69) is 5.32 Å². The van der Waals surface area contributed by atoms with Crippen molar-refractivity contribution in [2.45, 2.75) is 37.1 Å². The molecule has 1 aliphatic rings. The van der Waals surface area contributed by atoms with Gasteiger partial charge in [-0.25, -0.2) is 0 Å². The maximum Gasteiger partial charge on any atom is 0.251 e. The molecule has 3 rings (SSSR count). The third kappa shape index (κ3) is 5.31. The molecule has 5 atom stereocenters. The largest absolute Gasteiger partial charge is 0.462 e. The summed E-state index contributed by atoms with van der Waals surface area (Å²) in [7, 11) is 0. The van der Waals surface area contributed by atoms with Crippen molar-refractivity contribution in [2.24, 2.45) is 0 Å². The third-order valence-electron chi connectivity index (χ3n) is 4.76. The predicted molar refractivity (Wildman–Crippen MR) is 103 cm³/mol. The van der Waals surface area contributed by atoms with Crippen molar-refractivity contribution in [3.8, 4) is 5.75 Å². The highest BCUT2D eigenvalue weighted by Crippen LogP contribution is 2.24. The second-order valence-corrected chi connectivity index (χ2v) is 6.83. The Morgan fingerprint density at radius 2 is 1.66 bits per heavy atom. The Morgan fingerprint density at radius 3 is 2.31 bits per heavy atom. The van der Waals surface area contributed by atoms with E-state index < -0.39 is 37.3 Å². The molecule has 1 fully saturated rings. The molecule has 2 aromatic carbocycles. The van der Waals surface area contributed by atoms with E-state index in [4.69, 9.17) is 9.47 Å². The minimum atomic E-state index is -1.51. The SMILES string of the molecule is O=C(NCCc1ccccc1)c1ccc(OC2OC(CO)C(O)C(O)C2O)cc1. The van der Waals surface area contributed by atoms with Gasteiger partial charge in [-0.15, -0.1) is 0 Å². The minimum Gasteiger partial charge on any atom is -0.462 e. The molecule has 0 spiro atoms. The second-order valence-electron chi connectivity index (χ2n) is 6.83. The van der Waals surface area contributed by atoms with E-state index in [1.165, 1.54) is 12.1 Å². The van der Waals surface area contributed by atoms with Crippen molar-refractivity contribution in [1.82, 2.24) is 5.32 Å². The molecule has 1 heterocycles. The van der Waals surface area contributed by atoms with Gasteiger partial charge in [-0.2, -0.15) is 0 Å². The molecule has 0 radical (unpaired) electrons. The van der Waals surface area contributed by atoms with Gasteiger partial charge in [0.25, 0.3) is 5.91 Å². The molecule has 29 heavy (non-hydrogen) atoms. The van der Waals surface area contributed by atoms with Crippen LogP contribution >= 0.6 is 0 Å². The first-order valence-corrected chi connectivity index (χ1v) is 9.39. The first-order chi connectivity index (χ1) is 14.0. The summed E-state index contributed by atoms with van der Waals surface area (Å²) in [6.07, 6.45) is -6.04. The normalized spacial score (nSPS) is 26.7. The number of carbonyl (C=O) groups is 1. The minimum absolute atomic E-state index is 0.222. The molecule has 1 amide bonds. The van der Waals surface area contributed by atoms with Gasteiger partial charge < -0.3 is 35.2 Å². The first kappa shape index (κ1) is 21.2. The van der Waals surface area contributed by atoms with Gasteiger partial charge in [0.2, 0.25) is 6.29 Å². The average Bonchev–Trinajstić information content (AvgIpc) is 2.75. The summed E-state index contributed by atoms with van der Waals surface area (Å²) in [5, 5.41) is 41.7. The lowest BCUT2D eigenvalue weighted by molar-refractivity contribution is -0.277. The molecule has 156 valence electrons. The fourth-order valence-electron chi connectivity index (χ4n) is 3.05. The summed E-state index contributed by atoms with van der Waals surface area (Å²) in [6.45, 7) is -0.0289. The predicted octanol–water partition coefficient (Wildman–Crippen LogP) is -0.162. The fourth-order valence-corrected chi connectivity index (χ4v) is 3.05. The van der Waals surface area contributed by atoms with Crippen LogP contribution < -0.4 is 10.1 Å². The molecule has 1 aliphatic heterocycles. The molecule has 0 saturated carbocycles. The van der Waals surface area contributed by atoms with Crippen LogP contribution in [0.25, 0.3) is 0 Å². The Morgan fingerprint density at radius 1 is 0.966 bits per heavy atom. The Labute approximate surface area is 168 Å². The van der Waals surface area contributed by atoms with Crippen molar-refractivity contribution in [3.63, 3.8) is 0 Å². The quantitative estimate of drug-likeness (QED) is 0.434. The number of rotatable bonds is 7. The summed E-state index contributed by atoms with van der Waals surface area (Å²) < 4.78 is 10.8. The second kappa shape index (κ2) is 9.82. The van der Waals surface area contributed by atoms with Crippen molar-refractivity contribution in [1.29, 1.82) is 0 Å². The van der Waals surface area contributed by atoms with Crippen molar-refractivity contribution < 1.29 is 34.7 Å². The number of aliphatic hydroxyl groups is 4. The van der Waals surface area contributed by atoms with Crippen LogP contribution in [0.4, 0.5) is 0 Å². The highest BCUT2D eigenvalue weighted by molar-refractivity contribution is 5.94. The Hall–Kier alpha value is -2.49. The highest BCUT2D eigenvalue weighted by Gasteiger charge is 2.44. The van der Waals surface area contributed by atoms with Crippen LogP contribution in [-0.4, -0.2) is 70.2 Å². The van der Waals surface area contributed by atoms with E-state index in [1.807, 2.05) is 30.3 Å². The lowest BCUT2D eigenvalue weighted by Crippen LogP contribution is -2.60. The van der Waals surface area contributed by atoms with E-state index in [-0.39, 0.29) is 5.91 Å². The van der Waals surface area contributed by atoms with Gasteiger partial charge in [-0.1, -0.05) is 30.3 Å². The molecule has 2 aromatic rings. The summed E-state index contributed by atoms with van der Waals surface area (Å²) >= 11 is 0. The topological polar surface area (TPSA) is 128 Å². The number of carbonyl (C=O) groups excluding carboxylic acids is 1. The van der Waals surface area contributed by atoms with Crippen LogP contribution in [-0.2, 0) is 11.2 Å². The van der Waals surface area contributed by atoms with Crippen LogP contribution in [0.5, 0.6) is 5.75 Å². The van der Waals surface area contributed by atoms with Crippen LogP contribution in [0.15, 0.2) is 54.6 Å². The zero-order chi connectivity index (χ0) is 20.8. The molecule has 5 N–H and O–H groups in total. The molecule has 8 heteroatoms. The van der Waals surface area contributed by atoms with Crippen LogP contribution in [0.2, 0.25) is 0 Å². The van der Waals surface area contributed by atoms with Gasteiger partial charge in [0.05, 0.1) is 6.61 Å². The zero-order valence-electron chi connectivity index (χ0n) is 15.7. The van der Waals surface area contributed by atoms with E-state index in [1.54, 1.807) is 12.1 Å². The molecular weight excluding hydrogens is 378 g/mol. The van der Waals surface area contributed by atoms with E-state index in [0.717, 1.165) is 12.0 Å². The maximum absolute atomic E-state index is 12.2. The number of nitrogens with one attached hydrogen (secondary N) is 1. The number of amides is 1. The maximum atomic E-state index is 12.2. The van der Waals surface area contributed by atoms with Crippen LogP contribution in [0.3, 0.4) is 0 Å². The van der Waals surface area contributed by atoms with Gasteiger partial charge in [0.15, 0.2) is 0 Å². The Balaban J connectivity index is 1.53. The Bertz CT molecular complexity index is 781. The molecule has 5 unspecified atom stereocenters. The smallest absolute Gasteiger partial charge is 0.251 e. The summed E-state index contributed by atoms with van der Waals surface area (Å²) in [6, 6.07) is 16.0. The number of hydrogen-bond acceptors (Lipinski definition) is 7. The number of hydrogen-bond donors (Lipinski definition) is 5. The monoisotopic (exact) mass is 403 g/mol. The van der Waals surface area contributed by atoms with Crippen LogP contribution in [0.1, 0.15) is 15.9 Å². The average molecular weight is 403 g/mol. The van der Waals surface area contributed by atoms with Crippen molar-refractivity contribution >= 4 is 5.91 Å². The summed E-state index contributed by atoms with van der Waals surface area (Å²) in [4.78, 5) is 12.2. The number of benzene rings is 2. The first-order valence-electron chi connectivity index (χ1n) is 9.39. The van der Waals surface area contributed by atoms with E-state index in [0.29, 0.717) is 17.9 Å². The van der Waals surface area contributed by atoms with Gasteiger partial charge in [0, 0.05) is 12.1 Å². The van der Waals surface area contributed by atoms with Gasteiger partial charge in [-0.05, 0) is 36.2 Å². The summed E-state index contributed by atoms with van der Waals surface area (Å²) in [5.74, 6) is 0.0792. The van der Waals surface area contributed by atoms with Crippen molar-refractivity contribution in [3.05, 3.63) is 65.7 Å². The lowest BCUT2D eigenvalue weighted by atomic mass is 9.99.